The normalized spacial score (nSPS) is 16.4. The number of amides is 1. The molecule has 2 rings (SSSR count). The first kappa shape index (κ1) is 11.9. The van der Waals surface area contributed by atoms with Gasteiger partial charge in [-0.15, -0.1) is 0 Å². The molecule has 1 amide bonds. The van der Waals surface area contributed by atoms with Crippen molar-refractivity contribution in [2.24, 2.45) is 5.41 Å². The highest BCUT2D eigenvalue weighted by atomic mass is 35.5. The average molecular weight is 258 g/mol. The molecule has 1 fully saturated rings. The molecule has 2 N–H and O–H groups in total. The lowest BCUT2D eigenvalue weighted by atomic mass is 10.1. The van der Waals surface area contributed by atoms with Crippen LogP contribution in [0.15, 0.2) is 18.2 Å². The van der Waals surface area contributed by atoms with E-state index in [4.69, 9.17) is 16.7 Å². The van der Waals surface area contributed by atoms with Gasteiger partial charge in [0.2, 0.25) is 5.91 Å². The number of hydrogen-bond donors (Lipinski definition) is 2. The van der Waals surface area contributed by atoms with Crippen molar-refractivity contribution in [3.63, 3.8) is 0 Å². The molecular formula is C11H9ClFNO3. The fourth-order valence-electron chi connectivity index (χ4n) is 1.50. The van der Waals surface area contributed by atoms with Gasteiger partial charge in [-0.05, 0) is 31.0 Å². The number of carboxylic acid groups (broad SMARTS) is 1. The lowest BCUT2D eigenvalue weighted by molar-refractivity contribution is -0.147. The summed E-state index contributed by atoms with van der Waals surface area (Å²) in [6.07, 6.45) is 0.548. The van der Waals surface area contributed by atoms with Crippen LogP contribution >= 0.6 is 11.6 Å². The van der Waals surface area contributed by atoms with E-state index in [1.807, 2.05) is 0 Å². The van der Waals surface area contributed by atoms with Gasteiger partial charge in [-0.25, -0.2) is 4.39 Å². The molecule has 1 aromatic rings. The van der Waals surface area contributed by atoms with E-state index in [1.165, 1.54) is 12.1 Å². The van der Waals surface area contributed by atoms with Gasteiger partial charge in [-0.3, -0.25) is 9.59 Å². The number of nitrogens with one attached hydrogen (secondary N) is 1. The summed E-state index contributed by atoms with van der Waals surface area (Å²) in [6.45, 7) is 0. The zero-order valence-electron chi connectivity index (χ0n) is 8.67. The van der Waals surface area contributed by atoms with Gasteiger partial charge >= 0.3 is 5.97 Å². The Hall–Kier alpha value is -1.62. The number of carbonyl (C=O) groups is 2. The Bertz CT molecular complexity index is 499. The van der Waals surface area contributed by atoms with Crippen molar-refractivity contribution in [3.8, 4) is 0 Å². The molecule has 0 aliphatic heterocycles. The number of anilines is 1. The summed E-state index contributed by atoms with van der Waals surface area (Å²) in [7, 11) is 0. The molecule has 0 unspecified atom stereocenters. The van der Waals surface area contributed by atoms with Crippen molar-refractivity contribution in [2.75, 3.05) is 5.32 Å². The minimum atomic E-state index is -1.39. The molecule has 0 aromatic heterocycles. The summed E-state index contributed by atoms with van der Waals surface area (Å²) in [4.78, 5) is 22.6. The molecule has 0 bridgehead atoms. The van der Waals surface area contributed by atoms with Crippen LogP contribution in [0.1, 0.15) is 12.8 Å². The summed E-state index contributed by atoms with van der Waals surface area (Å²) in [5, 5.41) is 11.4. The predicted octanol–water partition coefficient (Wildman–Crippen LogP) is 2.28. The highest BCUT2D eigenvalue weighted by molar-refractivity contribution is 6.31. The van der Waals surface area contributed by atoms with Crippen LogP contribution in [0.5, 0.6) is 0 Å². The van der Waals surface area contributed by atoms with E-state index in [0.717, 1.165) is 6.07 Å². The molecule has 0 heterocycles. The number of benzene rings is 1. The highest BCUT2D eigenvalue weighted by Crippen LogP contribution is 2.46. The fraction of sp³-hybridized carbons (Fsp3) is 0.273. The lowest BCUT2D eigenvalue weighted by Gasteiger charge is -2.11. The maximum atomic E-state index is 13.3. The Morgan fingerprint density at radius 3 is 2.59 bits per heavy atom. The smallest absolute Gasteiger partial charge is 0.319 e. The quantitative estimate of drug-likeness (QED) is 0.817. The van der Waals surface area contributed by atoms with Gasteiger partial charge in [-0.1, -0.05) is 11.6 Å². The van der Waals surface area contributed by atoms with E-state index < -0.39 is 23.1 Å². The molecule has 0 radical (unpaired) electrons. The zero-order chi connectivity index (χ0) is 12.6. The van der Waals surface area contributed by atoms with Crippen LogP contribution in [-0.4, -0.2) is 17.0 Å². The summed E-state index contributed by atoms with van der Waals surface area (Å²) < 4.78 is 13.3. The molecular weight excluding hydrogens is 249 g/mol. The van der Waals surface area contributed by atoms with Crippen molar-refractivity contribution in [3.05, 3.63) is 29.0 Å². The van der Waals surface area contributed by atoms with Gasteiger partial charge < -0.3 is 10.4 Å². The first-order valence-corrected chi connectivity index (χ1v) is 5.33. The molecule has 6 heteroatoms. The topological polar surface area (TPSA) is 66.4 Å². The summed E-state index contributed by atoms with van der Waals surface area (Å²) in [5.41, 5.74) is -1.50. The number of halogens is 2. The SMILES string of the molecule is O=C(O)C1(C(=O)Nc2cc(Cl)ccc2F)CC1. The van der Waals surface area contributed by atoms with Crippen molar-refractivity contribution in [1.29, 1.82) is 0 Å². The number of carboxylic acids is 1. The Balaban J connectivity index is 2.19. The van der Waals surface area contributed by atoms with E-state index in [2.05, 4.69) is 5.32 Å². The Morgan fingerprint density at radius 1 is 1.41 bits per heavy atom. The second-order valence-corrected chi connectivity index (χ2v) is 4.40. The van der Waals surface area contributed by atoms with Crippen molar-refractivity contribution < 1.29 is 19.1 Å². The van der Waals surface area contributed by atoms with Crippen LogP contribution in [0.4, 0.5) is 10.1 Å². The fourth-order valence-corrected chi connectivity index (χ4v) is 1.67. The van der Waals surface area contributed by atoms with E-state index in [1.54, 1.807) is 0 Å². The molecule has 0 saturated heterocycles. The van der Waals surface area contributed by atoms with Crippen LogP contribution in [0.3, 0.4) is 0 Å². The van der Waals surface area contributed by atoms with Crippen molar-refractivity contribution in [2.45, 2.75) is 12.8 Å². The van der Waals surface area contributed by atoms with E-state index in [9.17, 15) is 14.0 Å². The van der Waals surface area contributed by atoms with Gasteiger partial charge in [0, 0.05) is 5.02 Å². The number of hydrogen-bond acceptors (Lipinski definition) is 2. The second-order valence-electron chi connectivity index (χ2n) is 3.97. The van der Waals surface area contributed by atoms with E-state index in [-0.39, 0.29) is 23.6 Å². The Kier molecular flexibility index (Phi) is 2.79. The molecule has 1 aliphatic rings. The standard InChI is InChI=1S/C11H9ClFNO3/c12-6-1-2-7(13)8(5-6)14-9(15)11(3-4-11)10(16)17/h1-2,5H,3-4H2,(H,14,15)(H,16,17). The maximum Gasteiger partial charge on any atom is 0.319 e. The molecule has 1 aromatic carbocycles. The summed E-state index contributed by atoms with van der Waals surface area (Å²) in [5.74, 6) is -2.53. The van der Waals surface area contributed by atoms with Gasteiger partial charge in [0.1, 0.15) is 11.2 Å². The molecule has 1 aliphatic carbocycles. The number of aliphatic carboxylic acids is 1. The van der Waals surface area contributed by atoms with E-state index >= 15 is 0 Å². The summed E-state index contributed by atoms with van der Waals surface area (Å²) in [6, 6.07) is 3.70. The molecule has 0 spiro atoms. The van der Waals surface area contributed by atoms with E-state index in [0.29, 0.717) is 0 Å². The van der Waals surface area contributed by atoms with Gasteiger partial charge in [0.15, 0.2) is 0 Å². The first-order chi connectivity index (χ1) is 7.95. The van der Waals surface area contributed by atoms with Crippen LogP contribution in [0, 0.1) is 11.2 Å². The van der Waals surface area contributed by atoms with Crippen LogP contribution < -0.4 is 5.32 Å². The summed E-state index contributed by atoms with van der Waals surface area (Å²) >= 11 is 5.66. The van der Waals surface area contributed by atoms with Crippen LogP contribution in [-0.2, 0) is 9.59 Å². The largest absolute Gasteiger partial charge is 0.480 e. The van der Waals surface area contributed by atoms with Crippen molar-refractivity contribution in [1.82, 2.24) is 0 Å². The third-order valence-corrected chi connectivity index (χ3v) is 3.01. The monoisotopic (exact) mass is 257 g/mol. The first-order valence-electron chi connectivity index (χ1n) is 4.95. The Labute approximate surface area is 101 Å². The highest BCUT2D eigenvalue weighted by Gasteiger charge is 2.57. The van der Waals surface area contributed by atoms with Gasteiger partial charge in [0.05, 0.1) is 5.69 Å². The molecule has 4 nitrogen and oxygen atoms in total. The minimum Gasteiger partial charge on any atom is -0.480 e. The Morgan fingerprint density at radius 2 is 2.06 bits per heavy atom. The van der Waals surface area contributed by atoms with Crippen LogP contribution in [0.25, 0.3) is 0 Å². The lowest BCUT2D eigenvalue weighted by Crippen LogP contribution is -2.31. The zero-order valence-corrected chi connectivity index (χ0v) is 9.42. The maximum absolute atomic E-state index is 13.3. The van der Waals surface area contributed by atoms with Crippen LogP contribution in [0.2, 0.25) is 5.02 Å². The average Bonchev–Trinajstić information content (AvgIpc) is 3.04. The third kappa shape index (κ3) is 2.10. The number of carbonyl (C=O) groups excluding carboxylic acids is 1. The molecule has 17 heavy (non-hydrogen) atoms. The van der Waals surface area contributed by atoms with Gasteiger partial charge in [-0.2, -0.15) is 0 Å². The number of rotatable bonds is 3. The minimum absolute atomic E-state index is 0.102. The van der Waals surface area contributed by atoms with Gasteiger partial charge in [0.25, 0.3) is 0 Å². The molecule has 90 valence electrons. The molecule has 1 saturated carbocycles. The van der Waals surface area contributed by atoms with Crippen molar-refractivity contribution >= 4 is 29.2 Å². The predicted molar refractivity (Wildman–Crippen MR) is 59.3 cm³/mol. The second kappa shape index (κ2) is 4.00. The third-order valence-electron chi connectivity index (χ3n) is 2.77. The molecule has 0 atom stereocenters.